The molecule has 0 spiro atoms. The quantitative estimate of drug-likeness (QED) is 0.864. The minimum absolute atomic E-state index is 0.0208. The molecule has 0 heterocycles. The number of carbonyl (C=O) groups is 2. The molecule has 21 heavy (non-hydrogen) atoms. The summed E-state index contributed by atoms with van der Waals surface area (Å²) < 4.78 is 0. The zero-order chi connectivity index (χ0) is 15.2. The zero-order valence-corrected chi connectivity index (χ0v) is 12.9. The summed E-state index contributed by atoms with van der Waals surface area (Å²) in [5.41, 5.74) is 2.45. The molecular formula is C17H24N2O2. The van der Waals surface area contributed by atoms with Crippen LogP contribution < -0.4 is 10.6 Å². The first-order valence-corrected chi connectivity index (χ1v) is 7.79. The molecule has 0 atom stereocenters. The Morgan fingerprint density at radius 3 is 2.24 bits per heavy atom. The number of anilines is 2. The predicted octanol–water partition coefficient (Wildman–Crippen LogP) is 3.86. The molecule has 2 amide bonds. The summed E-state index contributed by atoms with van der Waals surface area (Å²) in [6, 6.07) is 5.59. The highest BCUT2D eigenvalue weighted by Crippen LogP contribution is 2.29. The topological polar surface area (TPSA) is 58.2 Å². The molecule has 114 valence electrons. The van der Waals surface area contributed by atoms with Gasteiger partial charge in [0.25, 0.3) is 0 Å². The van der Waals surface area contributed by atoms with Crippen molar-refractivity contribution in [2.24, 2.45) is 5.92 Å². The fraction of sp³-hybridized carbons (Fsp3) is 0.529. The Hall–Kier alpha value is -1.84. The summed E-state index contributed by atoms with van der Waals surface area (Å²) in [5.74, 6) is 0.588. The van der Waals surface area contributed by atoms with Gasteiger partial charge in [0.15, 0.2) is 0 Å². The monoisotopic (exact) mass is 288 g/mol. The van der Waals surface area contributed by atoms with Gasteiger partial charge < -0.3 is 10.6 Å². The van der Waals surface area contributed by atoms with Gasteiger partial charge in [-0.25, -0.2) is 0 Å². The summed E-state index contributed by atoms with van der Waals surface area (Å²) >= 11 is 0. The van der Waals surface area contributed by atoms with Crippen molar-refractivity contribution in [3.8, 4) is 0 Å². The van der Waals surface area contributed by atoms with Gasteiger partial charge in [-0.3, -0.25) is 9.59 Å². The molecule has 1 aliphatic carbocycles. The van der Waals surface area contributed by atoms with Crippen LogP contribution in [0.2, 0.25) is 0 Å². The van der Waals surface area contributed by atoms with Crippen molar-refractivity contribution in [3.05, 3.63) is 23.8 Å². The lowest BCUT2D eigenvalue weighted by Crippen LogP contribution is -2.17. The van der Waals surface area contributed by atoms with E-state index in [-0.39, 0.29) is 11.8 Å². The van der Waals surface area contributed by atoms with Crippen LogP contribution in [0.3, 0.4) is 0 Å². The molecule has 4 nitrogen and oxygen atoms in total. The first kappa shape index (κ1) is 15.5. The van der Waals surface area contributed by atoms with Gasteiger partial charge in [0.2, 0.25) is 11.8 Å². The van der Waals surface area contributed by atoms with Gasteiger partial charge >= 0.3 is 0 Å². The van der Waals surface area contributed by atoms with Crippen LogP contribution in [0.15, 0.2) is 18.2 Å². The number of hydrogen-bond acceptors (Lipinski definition) is 2. The molecule has 4 heteroatoms. The number of benzene rings is 1. The molecule has 2 rings (SSSR count). The van der Waals surface area contributed by atoms with E-state index in [1.54, 1.807) is 0 Å². The van der Waals surface area contributed by atoms with Crippen LogP contribution in [0, 0.1) is 12.8 Å². The van der Waals surface area contributed by atoms with Gasteiger partial charge in [-0.05, 0) is 43.4 Å². The highest BCUT2D eigenvalue weighted by atomic mass is 16.2. The average Bonchev–Trinajstić information content (AvgIpc) is 2.95. The maximum absolute atomic E-state index is 12.1. The molecule has 1 fully saturated rings. The highest BCUT2D eigenvalue weighted by molar-refractivity contribution is 5.95. The van der Waals surface area contributed by atoms with Crippen molar-refractivity contribution in [1.82, 2.24) is 0 Å². The molecule has 0 radical (unpaired) electrons. The van der Waals surface area contributed by atoms with E-state index in [0.717, 1.165) is 16.9 Å². The molecule has 0 aromatic heterocycles. The van der Waals surface area contributed by atoms with Crippen molar-refractivity contribution in [1.29, 1.82) is 0 Å². The SMILES string of the molecule is CCC(=O)Nc1cccc(NC(=O)CC2CCCC2)c1C. The third-order valence-corrected chi connectivity index (χ3v) is 4.15. The zero-order valence-electron chi connectivity index (χ0n) is 12.9. The van der Waals surface area contributed by atoms with E-state index in [1.807, 2.05) is 32.0 Å². The molecule has 2 N–H and O–H groups in total. The summed E-state index contributed by atoms with van der Waals surface area (Å²) in [7, 11) is 0. The van der Waals surface area contributed by atoms with Crippen LogP contribution in [0.4, 0.5) is 11.4 Å². The van der Waals surface area contributed by atoms with Crippen molar-refractivity contribution in [2.75, 3.05) is 10.6 Å². The summed E-state index contributed by atoms with van der Waals surface area (Å²) in [5, 5.41) is 5.83. The van der Waals surface area contributed by atoms with Crippen molar-refractivity contribution in [2.45, 2.75) is 52.4 Å². The molecule has 0 bridgehead atoms. The lowest BCUT2D eigenvalue weighted by Gasteiger charge is -2.14. The van der Waals surface area contributed by atoms with Gasteiger partial charge in [0.05, 0.1) is 0 Å². The normalized spacial score (nSPS) is 15.0. The Labute approximate surface area is 126 Å². The highest BCUT2D eigenvalue weighted by Gasteiger charge is 2.19. The number of carbonyl (C=O) groups excluding carboxylic acids is 2. The van der Waals surface area contributed by atoms with Gasteiger partial charge in [-0.1, -0.05) is 25.8 Å². The van der Waals surface area contributed by atoms with E-state index in [1.165, 1.54) is 25.7 Å². The van der Waals surface area contributed by atoms with E-state index >= 15 is 0 Å². The smallest absolute Gasteiger partial charge is 0.224 e. The van der Waals surface area contributed by atoms with Crippen LogP contribution >= 0.6 is 0 Å². The van der Waals surface area contributed by atoms with E-state index < -0.39 is 0 Å². The van der Waals surface area contributed by atoms with Gasteiger partial charge in [0.1, 0.15) is 0 Å². The van der Waals surface area contributed by atoms with Crippen molar-refractivity contribution in [3.63, 3.8) is 0 Å². The molecule has 1 saturated carbocycles. The second kappa shape index (κ2) is 7.25. The Kier molecular flexibility index (Phi) is 5.37. The van der Waals surface area contributed by atoms with E-state index in [4.69, 9.17) is 0 Å². The molecule has 1 aliphatic rings. The van der Waals surface area contributed by atoms with Crippen molar-refractivity contribution < 1.29 is 9.59 Å². The van der Waals surface area contributed by atoms with Crippen LogP contribution in [0.5, 0.6) is 0 Å². The van der Waals surface area contributed by atoms with Crippen LogP contribution in [0.1, 0.15) is 51.0 Å². The Morgan fingerprint density at radius 2 is 1.67 bits per heavy atom. The molecule has 0 unspecified atom stereocenters. The van der Waals surface area contributed by atoms with Crippen LogP contribution in [-0.4, -0.2) is 11.8 Å². The standard InChI is InChI=1S/C17H24N2O2/c1-3-16(20)18-14-9-6-10-15(12(14)2)19-17(21)11-13-7-4-5-8-13/h6,9-10,13H,3-5,7-8,11H2,1-2H3,(H,18,20)(H,19,21). The average molecular weight is 288 g/mol. The largest absolute Gasteiger partial charge is 0.326 e. The minimum atomic E-state index is -0.0208. The third-order valence-electron chi connectivity index (χ3n) is 4.15. The second-order valence-electron chi connectivity index (χ2n) is 5.78. The van der Waals surface area contributed by atoms with E-state index in [9.17, 15) is 9.59 Å². The Bertz CT molecular complexity index is 520. The third kappa shape index (κ3) is 4.31. The number of rotatable bonds is 5. The number of hydrogen-bond donors (Lipinski definition) is 2. The van der Waals surface area contributed by atoms with Gasteiger partial charge in [-0.15, -0.1) is 0 Å². The lowest BCUT2D eigenvalue weighted by molar-refractivity contribution is -0.117. The Morgan fingerprint density at radius 1 is 1.10 bits per heavy atom. The second-order valence-corrected chi connectivity index (χ2v) is 5.78. The maximum atomic E-state index is 12.1. The number of amides is 2. The van der Waals surface area contributed by atoms with Crippen LogP contribution in [0.25, 0.3) is 0 Å². The molecular weight excluding hydrogens is 264 g/mol. The van der Waals surface area contributed by atoms with E-state index in [2.05, 4.69) is 10.6 Å². The summed E-state index contributed by atoms with van der Waals surface area (Å²) in [6.07, 6.45) is 5.87. The molecule has 0 saturated heterocycles. The van der Waals surface area contributed by atoms with E-state index in [0.29, 0.717) is 18.8 Å². The fourth-order valence-electron chi connectivity index (χ4n) is 2.82. The number of nitrogens with one attached hydrogen (secondary N) is 2. The van der Waals surface area contributed by atoms with Crippen molar-refractivity contribution >= 4 is 23.2 Å². The summed E-state index contributed by atoms with van der Waals surface area (Å²) in [4.78, 5) is 23.6. The first-order chi connectivity index (χ1) is 10.1. The lowest BCUT2D eigenvalue weighted by atomic mass is 10.0. The van der Waals surface area contributed by atoms with Gasteiger partial charge in [-0.2, -0.15) is 0 Å². The first-order valence-electron chi connectivity index (χ1n) is 7.79. The van der Waals surface area contributed by atoms with Crippen LogP contribution in [-0.2, 0) is 9.59 Å². The fourth-order valence-corrected chi connectivity index (χ4v) is 2.82. The molecule has 1 aromatic rings. The predicted molar refractivity (Wildman–Crippen MR) is 85.3 cm³/mol. The summed E-state index contributed by atoms with van der Waals surface area (Å²) in [6.45, 7) is 3.73. The Balaban J connectivity index is 2.00. The minimum Gasteiger partial charge on any atom is -0.326 e. The maximum Gasteiger partial charge on any atom is 0.224 e. The van der Waals surface area contributed by atoms with Gasteiger partial charge in [0, 0.05) is 24.2 Å². The molecule has 0 aliphatic heterocycles. The molecule has 1 aromatic carbocycles.